The van der Waals surface area contributed by atoms with Gasteiger partial charge in [-0.3, -0.25) is 10.1 Å². The Morgan fingerprint density at radius 1 is 1.45 bits per heavy atom. The van der Waals surface area contributed by atoms with Crippen molar-refractivity contribution in [3.8, 4) is 12.0 Å². The summed E-state index contributed by atoms with van der Waals surface area (Å²) in [7, 11) is 2.08. The van der Waals surface area contributed by atoms with Gasteiger partial charge in [0.15, 0.2) is 0 Å². The highest BCUT2D eigenvalue weighted by molar-refractivity contribution is 5.99. The van der Waals surface area contributed by atoms with Crippen molar-refractivity contribution in [1.82, 2.24) is 15.2 Å². The molecule has 0 spiro atoms. The molecule has 1 heterocycles. The number of hydrogen-bond donors (Lipinski definition) is 2. The third-order valence-electron chi connectivity index (χ3n) is 3.31. The fraction of sp³-hybridized carbons (Fsp3) is 0.312. The van der Waals surface area contributed by atoms with Gasteiger partial charge in [0, 0.05) is 35.3 Å². The minimum absolute atomic E-state index is 0.169. The van der Waals surface area contributed by atoms with E-state index in [2.05, 4.69) is 41.1 Å². The van der Waals surface area contributed by atoms with E-state index >= 15 is 0 Å². The zero-order valence-electron chi connectivity index (χ0n) is 12.1. The van der Waals surface area contributed by atoms with Gasteiger partial charge in [-0.2, -0.15) is 0 Å². The summed E-state index contributed by atoms with van der Waals surface area (Å²) in [6.07, 6.45) is 2.00. The third kappa shape index (κ3) is 3.01. The van der Waals surface area contributed by atoms with E-state index < -0.39 is 0 Å². The van der Waals surface area contributed by atoms with Crippen molar-refractivity contribution in [1.29, 1.82) is 0 Å². The number of aromatic amines is 1. The number of amides is 1. The lowest BCUT2D eigenvalue weighted by atomic mass is 10.1. The van der Waals surface area contributed by atoms with Crippen LogP contribution in [0.15, 0.2) is 24.4 Å². The molecule has 2 aromatic rings. The summed E-state index contributed by atoms with van der Waals surface area (Å²) in [5.74, 6) is 2.48. The Labute approximate surface area is 119 Å². The van der Waals surface area contributed by atoms with Crippen LogP contribution in [0.25, 0.3) is 10.9 Å². The molecular weight excluding hydrogens is 250 g/mol. The second-order valence-electron chi connectivity index (χ2n) is 4.73. The van der Waals surface area contributed by atoms with Crippen LogP contribution in [0.3, 0.4) is 0 Å². The topological polar surface area (TPSA) is 48.1 Å². The molecule has 1 aromatic heterocycles. The van der Waals surface area contributed by atoms with E-state index in [0.717, 1.165) is 24.0 Å². The molecule has 0 fully saturated rings. The van der Waals surface area contributed by atoms with Crippen molar-refractivity contribution in [2.24, 2.45) is 0 Å². The number of benzene rings is 1. The van der Waals surface area contributed by atoms with Crippen LogP contribution in [0.5, 0.6) is 0 Å². The van der Waals surface area contributed by atoms with Crippen molar-refractivity contribution < 1.29 is 4.79 Å². The molecule has 20 heavy (non-hydrogen) atoms. The molecule has 0 saturated carbocycles. The molecule has 0 atom stereocenters. The lowest BCUT2D eigenvalue weighted by Crippen LogP contribution is -2.18. The predicted molar refractivity (Wildman–Crippen MR) is 81.2 cm³/mol. The van der Waals surface area contributed by atoms with Gasteiger partial charge in [-0.1, -0.05) is 12.8 Å². The second kappa shape index (κ2) is 6.27. The normalized spacial score (nSPS) is 10.4. The van der Waals surface area contributed by atoms with Crippen LogP contribution in [0.1, 0.15) is 29.8 Å². The molecule has 0 aliphatic heterocycles. The maximum Gasteiger partial charge on any atom is 0.262 e. The summed E-state index contributed by atoms with van der Waals surface area (Å²) < 4.78 is 0. The molecule has 0 bridgehead atoms. The minimum Gasteiger partial charge on any atom is -0.361 e. The Kier molecular flexibility index (Phi) is 4.44. The standard InChI is InChI=1S/C16H19N3O/c1-4-8-17-16(20)12-6-7-15-14(9-12)13(10-18-15)11-19(3)5-2/h6-7,9-10,18H,5,11H2,1-3H3,(H,17,20). The molecule has 2 N–H and O–H groups in total. The van der Waals surface area contributed by atoms with Gasteiger partial charge < -0.3 is 9.88 Å². The van der Waals surface area contributed by atoms with Crippen LogP contribution in [0.2, 0.25) is 0 Å². The molecule has 104 valence electrons. The zero-order chi connectivity index (χ0) is 14.5. The van der Waals surface area contributed by atoms with Crippen molar-refractivity contribution in [3.05, 3.63) is 35.5 Å². The molecule has 0 unspecified atom stereocenters. The number of aromatic nitrogens is 1. The predicted octanol–water partition coefficient (Wildman–Crippen LogP) is 2.33. The van der Waals surface area contributed by atoms with Gasteiger partial charge in [0.1, 0.15) is 0 Å². The van der Waals surface area contributed by atoms with Crippen molar-refractivity contribution in [2.45, 2.75) is 20.4 Å². The molecule has 0 aliphatic carbocycles. The molecule has 0 radical (unpaired) electrons. The first kappa shape index (κ1) is 14.2. The van der Waals surface area contributed by atoms with Crippen LogP contribution < -0.4 is 5.32 Å². The van der Waals surface area contributed by atoms with Gasteiger partial charge >= 0.3 is 0 Å². The van der Waals surface area contributed by atoms with E-state index in [4.69, 9.17) is 0 Å². The lowest BCUT2D eigenvalue weighted by Gasteiger charge is -2.12. The molecule has 1 amide bonds. The van der Waals surface area contributed by atoms with Gasteiger partial charge in [0.05, 0.1) is 0 Å². The number of fused-ring (bicyclic) bond motifs is 1. The summed E-state index contributed by atoms with van der Waals surface area (Å²) in [6.45, 7) is 5.65. The zero-order valence-corrected chi connectivity index (χ0v) is 12.1. The number of carbonyl (C=O) groups excluding carboxylic acids is 1. The molecule has 0 aliphatic rings. The van der Waals surface area contributed by atoms with Crippen molar-refractivity contribution in [3.63, 3.8) is 0 Å². The molecule has 1 aromatic carbocycles. The maximum atomic E-state index is 11.9. The lowest BCUT2D eigenvalue weighted by molar-refractivity contribution is 0.0973. The number of rotatable bonds is 4. The monoisotopic (exact) mass is 269 g/mol. The van der Waals surface area contributed by atoms with E-state index in [1.165, 1.54) is 5.56 Å². The second-order valence-corrected chi connectivity index (χ2v) is 4.73. The highest BCUT2D eigenvalue weighted by atomic mass is 16.1. The van der Waals surface area contributed by atoms with E-state index in [1.807, 2.05) is 18.3 Å². The van der Waals surface area contributed by atoms with Crippen LogP contribution in [0.4, 0.5) is 0 Å². The minimum atomic E-state index is -0.169. The summed E-state index contributed by atoms with van der Waals surface area (Å²) in [5, 5.41) is 3.64. The van der Waals surface area contributed by atoms with Crippen molar-refractivity contribution in [2.75, 3.05) is 13.6 Å². The molecule has 2 rings (SSSR count). The SMILES string of the molecule is CC#CNC(=O)c1ccc2[nH]cc(CN(C)CC)c2c1. The van der Waals surface area contributed by atoms with Crippen LogP contribution in [-0.4, -0.2) is 29.4 Å². The van der Waals surface area contributed by atoms with Crippen LogP contribution >= 0.6 is 0 Å². The van der Waals surface area contributed by atoms with E-state index in [-0.39, 0.29) is 5.91 Å². The van der Waals surface area contributed by atoms with Crippen LogP contribution in [-0.2, 0) is 6.54 Å². The first-order valence-corrected chi connectivity index (χ1v) is 6.66. The summed E-state index contributed by atoms with van der Waals surface area (Å²) >= 11 is 0. The van der Waals surface area contributed by atoms with E-state index in [9.17, 15) is 4.79 Å². The average molecular weight is 269 g/mol. The summed E-state index contributed by atoms with van der Waals surface area (Å²) in [5.41, 5.74) is 2.86. The Morgan fingerprint density at radius 3 is 2.95 bits per heavy atom. The smallest absolute Gasteiger partial charge is 0.262 e. The Morgan fingerprint density at radius 2 is 2.25 bits per heavy atom. The van der Waals surface area contributed by atoms with Crippen LogP contribution in [0, 0.1) is 12.0 Å². The number of carbonyl (C=O) groups is 1. The average Bonchev–Trinajstić information content (AvgIpc) is 2.86. The van der Waals surface area contributed by atoms with Gasteiger partial charge in [0.2, 0.25) is 0 Å². The number of H-pyrrole nitrogens is 1. The van der Waals surface area contributed by atoms with Gasteiger partial charge in [-0.15, -0.1) is 0 Å². The Hall–Kier alpha value is -2.25. The summed E-state index contributed by atoms with van der Waals surface area (Å²) in [4.78, 5) is 17.4. The quantitative estimate of drug-likeness (QED) is 0.661. The highest BCUT2D eigenvalue weighted by Crippen LogP contribution is 2.21. The molecule has 0 saturated heterocycles. The van der Waals surface area contributed by atoms with Gasteiger partial charge in [-0.25, -0.2) is 0 Å². The molecular formula is C16H19N3O. The Bertz CT molecular complexity index is 676. The van der Waals surface area contributed by atoms with Crippen molar-refractivity contribution >= 4 is 16.8 Å². The number of hydrogen-bond acceptors (Lipinski definition) is 2. The molecule has 4 heteroatoms. The summed E-state index contributed by atoms with van der Waals surface area (Å²) in [6, 6.07) is 8.23. The third-order valence-corrected chi connectivity index (χ3v) is 3.31. The van der Waals surface area contributed by atoms with Gasteiger partial charge in [-0.05, 0) is 44.3 Å². The fourth-order valence-corrected chi connectivity index (χ4v) is 2.04. The molecule has 4 nitrogen and oxygen atoms in total. The van der Waals surface area contributed by atoms with E-state index in [1.54, 1.807) is 13.0 Å². The largest absolute Gasteiger partial charge is 0.361 e. The first-order valence-electron chi connectivity index (χ1n) is 6.66. The fourth-order valence-electron chi connectivity index (χ4n) is 2.04. The number of nitrogens with zero attached hydrogens (tertiary/aromatic N) is 1. The maximum absolute atomic E-state index is 11.9. The first-order chi connectivity index (χ1) is 9.65. The Balaban J connectivity index is 2.33. The van der Waals surface area contributed by atoms with E-state index in [0.29, 0.717) is 5.56 Å². The highest BCUT2D eigenvalue weighted by Gasteiger charge is 2.10. The van der Waals surface area contributed by atoms with Gasteiger partial charge in [0.25, 0.3) is 5.91 Å². The number of nitrogens with one attached hydrogen (secondary N) is 2.